The number of phenols is 1. The Morgan fingerprint density at radius 2 is 1.92 bits per heavy atom. The van der Waals surface area contributed by atoms with Gasteiger partial charge in [-0.15, -0.1) is 0 Å². The average molecular weight is 249 g/mol. The Kier molecular flexibility index (Phi) is 2.63. The molecule has 4 heteroatoms. The number of rotatable bonds is 1. The van der Waals surface area contributed by atoms with E-state index in [-0.39, 0.29) is 15.8 Å². The molecule has 0 aliphatic carbocycles. The Bertz CT molecular complexity index is 331. The fourth-order valence-electron chi connectivity index (χ4n) is 1.03. The number of halogens is 2. The summed E-state index contributed by atoms with van der Waals surface area (Å²) in [6, 6.07) is 2.25. The van der Waals surface area contributed by atoms with Crippen LogP contribution in [0.3, 0.4) is 0 Å². The number of phenolic OH excluding ortho intramolecular Hbond substituents is 1. The zero-order valence-electron chi connectivity index (χ0n) is 7.31. The predicted molar refractivity (Wildman–Crippen MR) is 51.0 cm³/mol. The van der Waals surface area contributed by atoms with E-state index in [4.69, 9.17) is 0 Å². The maximum atomic E-state index is 12.9. The van der Waals surface area contributed by atoms with Gasteiger partial charge < -0.3 is 10.2 Å². The third kappa shape index (κ3) is 2.19. The molecule has 0 amide bonds. The summed E-state index contributed by atoms with van der Waals surface area (Å²) < 4.78 is 13.1. The topological polar surface area (TPSA) is 40.5 Å². The third-order valence-electron chi connectivity index (χ3n) is 1.69. The summed E-state index contributed by atoms with van der Waals surface area (Å²) in [7, 11) is 0. The first kappa shape index (κ1) is 10.5. The van der Waals surface area contributed by atoms with Crippen molar-refractivity contribution < 1.29 is 14.6 Å². The summed E-state index contributed by atoms with van der Waals surface area (Å²) in [4.78, 5) is 0. The quantitative estimate of drug-likeness (QED) is 0.802. The van der Waals surface area contributed by atoms with Gasteiger partial charge in [0, 0.05) is 5.56 Å². The molecule has 1 aromatic carbocycles. The molecule has 0 saturated heterocycles. The first-order valence-corrected chi connectivity index (χ1v) is 4.52. The molecule has 0 fully saturated rings. The Labute approximate surface area is 84.1 Å². The minimum Gasteiger partial charge on any atom is -0.506 e. The minimum absolute atomic E-state index is 0.131. The van der Waals surface area contributed by atoms with E-state index < -0.39 is 11.4 Å². The summed E-state index contributed by atoms with van der Waals surface area (Å²) >= 11 is 2.99. The van der Waals surface area contributed by atoms with Crippen LogP contribution in [-0.2, 0) is 5.60 Å². The van der Waals surface area contributed by atoms with E-state index >= 15 is 0 Å². The van der Waals surface area contributed by atoms with Crippen molar-refractivity contribution in [3.63, 3.8) is 0 Å². The van der Waals surface area contributed by atoms with E-state index in [1.807, 2.05) is 0 Å². The van der Waals surface area contributed by atoms with Crippen LogP contribution in [0.15, 0.2) is 16.6 Å². The van der Waals surface area contributed by atoms with Gasteiger partial charge in [-0.1, -0.05) is 0 Å². The summed E-state index contributed by atoms with van der Waals surface area (Å²) in [6.45, 7) is 2.96. The number of benzene rings is 1. The molecule has 0 aromatic heterocycles. The van der Waals surface area contributed by atoms with Gasteiger partial charge in [0.1, 0.15) is 11.6 Å². The van der Waals surface area contributed by atoms with Crippen molar-refractivity contribution in [2.75, 3.05) is 0 Å². The van der Waals surface area contributed by atoms with Crippen molar-refractivity contribution in [3.05, 3.63) is 28.0 Å². The zero-order valence-corrected chi connectivity index (χ0v) is 8.89. The minimum atomic E-state index is -1.26. The van der Waals surface area contributed by atoms with Crippen molar-refractivity contribution in [2.24, 2.45) is 0 Å². The Morgan fingerprint density at radius 3 is 2.38 bits per heavy atom. The molecule has 0 atom stereocenters. The monoisotopic (exact) mass is 248 g/mol. The summed E-state index contributed by atoms with van der Waals surface area (Å²) in [6.07, 6.45) is 0. The summed E-state index contributed by atoms with van der Waals surface area (Å²) in [5, 5.41) is 19.1. The molecular formula is C9H10BrFO2. The molecule has 0 aliphatic rings. The van der Waals surface area contributed by atoms with E-state index in [9.17, 15) is 14.6 Å². The molecule has 0 unspecified atom stereocenters. The van der Waals surface area contributed by atoms with Crippen LogP contribution in [0.25, 0.3) is 0 Å². The molecule has 0 saturated carbocycles. The Balaban J connectivity index is 3.37. The van der Waals surface area contributed by atoms with E-state index in [1.165, 1.54) is 13.8 Å². The Morgan fingerprint density at radius 1 is 1.38 bits per heavy atom. The van der Waals surface area contributed by atoms with Gasteiger partial charge in [0.15, 0.2) is 0 Å². The highest BCUT2D eigenvalue weighted by Gasteiger charge is 2.22. The van der Waals surface area contributed by atoms with Crippen LogP contribution in [-0.4, -0.2) is 10.2 Å². The van der Waals surface area contributed by atoms with Crippen LogP contribution in [0.2, 0.25) is 0 Å². The third-order valence-corrected chi connectivity index (χ3v) is 2.29. The van der Waals surface area contributed by atoms with E-state index in [0.717, 1.165) is 12.1 Å². The lowest BCUT2D eigenvalue weighted by molar-refractivity contribution is 0.0753. The van der Waals surface area contributed by atoms with Crippen LogP contribution >= 0.6 is 15.9 Å². The van der Waals surface area contributed by atoms with Crippen molar-refractivity contribution in [1.82, 2.24) is 0 Å². The number of hydrogen-bond acceptors (Lipinski definition) is 2. The SMILES string of the molecule is CC(C)(O)c1cc(F)cc(Br)c1O. The second kappa shape index (κ2) is 3.27. The van der Waals surface area contributed by atoms with Crippen molar-refractivity contribution >= 4 is 15.9 Å². The summed E-state index contributed by atoms with van der Waals surface area (Å²) in [5.74, 6) is -0.629. The second-order valence-corrected chi connectivity index (χ2v) is 4.20. The van der Waals surface area contributed by atoms with Gasteiger partial charge in [-0.2, -0.15) is 0 Å². The first-order valence-electron chi connectivity index (χ1n) is 3.73. The maximum absolute atomic E-state index is 12.9. The van der Waals surface area contributed by atoms with Gasteiger partial charge >= 0.3 is 0 Å². The zero-order chi connectivity index (χ0) is 10.2. The number of aromatic hydroxyl groups is 1. The number of hydrogen-bond donors (Lipinski definition) is 2. The molecule has 0 spiro atoms. The molecule has 1 rings (SSSR count). The van der Waals surface area contributed by atoms with Gasteiger partial charge in [0.2, 0.25) is 0 Å². The van der Waals surface area contributed by atoms with Crippen molar-refractivity contribution in [1.29, 1.82) is 0 Å². The van der Waals surface area contributed by atoms with Crippen LogP contribution in [0.5, 0.6) is 5.75 Å². The van der Waals surface area contributed by atoms with Gasteiger partial charge in [-0.25, -0.2) is 4.39 Å². The normalized spacial score (nSPS) is 11.8. The van der Waals surface area contributed by atoms with Crippen molar-refractivity contribution in [2.45, 2.75) is 19.4 Å². The average Bonchev–Trinajstić information content (AvgIpc) is 1.94. The molecule has 72 valence electrons. The standard InChI is InChI=1S/C9H10BrFO2/c1-9(2,13)6-3-5(11)4-7(10)8(6)12/h3-4,12-13H,1-2H3. The first-order chi connectivity index (χ1) is 5.82. The van der Waals surface area contributed by atoms with Gasteiger partial charge in [-0.05, 0) is 41.9 Å². The predicted octanol–water partition coefficient (Wildman–Crippen LogP) is 2.52. The van der Waals surface area contributed by atoms with Crippen molar-refractivity contribution in [3.8, 4) is 5.75 Å². The largest absolute Gasteiger partial charge is 0.506 e. The smallest absolute Gasteiger partial charge is 0.136 e. The second-order valence-electron chi connectivity index (χ2n) is 3.34. The lowest BCUT2D eigenvalue weighted by Gasteiger charge is -2.19. The molecule has 2 N–H and O–H groups in total. The number of aliphatic hydroxyl groups is 1. The lowest BCUT2D eigenvalue weighted by Crippen LogP contribution is -2.16. The van der Waals surface area contributed by atoms with Crippen LogP contribution in [0, 0.1) is 5.82 Å². The molecular weight excluding hydrogens is 239 g/mol. The molecule has 0 radical (unpaired) electrons. The highest BCUT2D eigenvalue weighted by molar-refractivity contribution is 9.10. The van der Waals surface area contributed by atoms with Gasteiger partial charge in [-0.3, -0.25) is 0 Å². The highest BCUT2D eigenvalue weighted by Crippen LogP contribution is 2.35. The molecule has 1 aromatic rings. The summed E-state index contributed by atoms with van der Waals surface area (Å²) in [5.41, 5.74) is -1.09. The molecule has 0 bridgehead atoms. The lowest BCUT2D eigenvalue weighted by atomic mass is 9.97. The molecule has 0 heterocycles. The van der Waals surface area contributed by atoms with Gasteiger partial charge in [0.25, 0.3) is 0 Å². The van der Waals surface area contributed by atoms with E-state index in [1.54, 1.807) is 0 Å². The molecule has 13 heavy (non-hydrogen) atoms. The van der Waals surface area contributed by atoms with Crippen LogP contribution in [0.4, 0.5) is 4.39 Å². The van der Waals surface area contributed by atoms with E-state index in [2.05, 4.69) is 15.9 Å². The maximum Gasteiger partial charge on any atom is 0.136 e. The molecule has 0 aliphatic heterocycles. The highest BCUT2D eigenvalue weighted by atomic mass is 79.9. The Hall–Kier alpha value is -0.610. The van der Waals surface area contributed by atoms with Gasteiger partial charge in [0.05, 0.1) is 10.1 Å². The fourth-order valence-corrected chi connectivity index (χ4v) is 1.46. The molecule has 2 nitrogen and oxygen atoms in total. The fraction of sp³-hybridized carbons (Fsp3) is 0.333. The van der Waals surface area contributed by atoms with E-state index in [0.29, 0.717) is 0 Å². The van der Waals surface area contributed by atoms with Crippen LogP contribution < -0.4 is 0 Å². The van der Waals surface area contributed by atoms with Crippen LogP contribution in [0.1, 0.15) is 19.4 Å².